The number of hydrogen-bond acceptors (Lipinski definition) is 5. The molecular formula is C23H26N2O5. The van der Waals surface area contributed by atoms with Crippen molar-refractivity contribution in [3.63, 3.8) is 0 Å². The van der Waals surface area contributed by atoms with E-state index < -0.39 is 5.97 Å². The molecule has 1 amide bonds. The molecule has 1 heterocycles. The van der Waals surface area contributed by atoms with Crippen molar-refractivity contribution in [3.8, 4) is 11.5 Å². The van der Waals surface area contributed by atoms with E-state index in [9.17, 15) is 9.59 Å². The fraction of sp³-hybridized carbons (Fsp3) is 0.304. The third kappa shape index (κ3) is 4.92. The molecule has 7 heteroatoms. The molecule has 30 heavy (non-hydrogen) atoms. The quantitative estimate of drug-likeness (QED) is 0.543. The Bertz CT molecular complexity index is 994. The summed E-state index contributed by atoms with van der Waals surface area (Å²) >= 11 is 0. The number of ether oxygens (including phenoxy) is 3. The highest BCUT2D eigenvalue weighted by molar-refractivity contribution is 5.95. The number of aromatic amines is 1. The number of benzene rings is 2. The number of amides is 1. The first-order valence-electron chi connectivity index (χ1n) is 9.88. The van der Waals surface area contributed by atoms with Crippen LogP contribution in [0.2, 0.25) is 0 Å². The van der Waals surface area contributed by atoms with Crippen molar-refractivity contribution in [1.82, 2.24) is 9.88 Å². The lowest BCUT2D eigenvalue weighted by Crippen LogP contribution is -2.34. The Kier molecular flexibility index (Phi) is 6.95. The van der Waals surface area contributed by atoms with E-state index in [-0.39, 0.29) is 12.5 Å². The lowest BCUT2D eigenvalue weighted by atomic mass is 10.2. The molecule has 3 rings (SSSR count). The van der Waals surface area contributed by atoms with Gasteiger partial charge in [0.25, 0.3) is 5.91 Å². The van der Waals surface area contributed by atoms with Gasteiger partial charge in [-0.15, -0.1) is 0 Å². The first kappa shape index (κ1) is 21.2. The Morgan fingerprint density at radius 1 is 1.03 bits per heavy atom. The first-order valence-corrected chi connectivity index (χ1v) is 9.88. The van der Waals surface area contributed by atoms with Crippen molar-refractivity contribution in [2.45, 2.75) is 20.4 Å². The highest BCUT2D eigenvalue weighted by atomic mass is 16.5. The summed E-state index contributed by atoms with van der Waals surface area (Å²) in [6.07, 6.45) is 0. The lowest BCUT2D eigenvalue weighted by Gasteiger charge is -2.21. The number of carbonyl (C=O) groups excluding carboxylic acids is 2. The Morgan fingerprint density at radius 2 is 1.83 bits per heavy atom. The van der Waals surface area contributed by atoms with E-state index >= 15 is 0 Å². The fourth-order valence-corrected chi connectivity index (χ4v) is 3.16. The van der Waals surface area contributed by atoms with Gasteiger partial charge in [-0.05, 0) is 43.7 Å². The van der Waals surface area contributed by atoms with Crippen molar-refractivity contribution in [3.05, 3.63) is 59.8 Å². The van der Waals surface area contributed by atoms with Crippen LogP contribution in [0, 0.1) is 0 Å². The third-order valence-corrected chi connectivity index (χ3v) is 4.71. The van der Waals surface area contributed by atoms with Crippen LogP contribution in [-0.2, 0) is 16.1 Å². The lowest BCUT2D eigenvalue weighted by molar-refractivity contribution is -0.134. The summed E-state index contributed by atoms with van der Waals surface area (Å²) in [4.78, 5) is 29.5. The zero-order valence-corrected chi connectivity index (χ0v) is 17.4. The van der Waals surface area contributed by atoms with Gasteiger partial charge in [-0.25, -0.2) is 4.79 Å². The molecule has 3 aromatic rings. The summed E-state index contributed by atoms with van der Waals surface area (Å²) in [6.45, 7) is 4.86. The second kappa shape index (κ2) is 9.82. The largest absolute Gasteiger partial charge is 0.493 e. The maximum Gasteiger partial charge on any atom is 0.355 e. The maximum absolute atomic E-state index is 12.6. The number of rotatable bonds is 9. The summed E-state index contributed by atoms with van der Waals surface area (Å²) in [7, 11) is 1.58. The molecule has 1 aromatic heterocycles. The van der Waals surface area contributed by atoms with Gasteiger partial charge in [0.2, 0.25) is 0 Å². The molecule has 0 aliphatic rings. The summed E-state index contributed by atoms with van der Waals surface area (Å²) in [5.41, 5.74) is 2.06. The number of H-pyrrole nitrogens is 1. The molecule has 7 nitrogen and oxygen atoms in total. The second-order valence-electron chi connectivity index (χ2n) is 6.67. The van der Waals surface area contributed by atoms with Gasteiger partial charge < -0.3 is 24.1 Å². The molecular weight excluding hydrogens is 384 g/mol. The van der Waals surface area contributed by atoms with Gasteiger partial charge in [-0.3, -0.25) is 4.79 Å². The van der Waals surface area contributed by atoms with E-state index in [0.717, 1.165) is 16.5 Å². The highest BCUT2D eigenvalue weighted by Gasteiger charge is 2.18. The standard InChI is InChI=1S/C23H26N2O5/c1-4-25(14-16-10-11-20(29-5-2)21(12-16)28-3)22(26)15-30-23(27)19-13-17-8-6-7-9-18(17)24-19/h6-13,24H,4-5,14-15H2,1-3H3. The average Bonchev–Trinajstić information content (AvgIpc) is 3.21. The first-order chi connectivity index (χ1) is 14.5. The minimum atomic E-state index is -0.557. The molecule has 0 radical (unpaired) electrons. The molecule has 0 fully saturated rings. The summed E-state index contributed by atoms with van der Waals surface area (Å²) in [5, 5.41) is 0.912. The van der Waals surface area contributed by atoms with Gasteiger partial charge in [0.05, 0.1) is 13.7 Å². The number of nitrogens with zero attached hydrogens (tertiary/aromatic N) is 1. The van der Waals surface area contributed by atoms with E-state index in [0.29, 0.717) is 36.9 Å². The molecule has 0 atom stereocenters. The van der Waals surface area contributed by atoms with Gasteiger partial charge in [0, 0.05) is 24.0 Å². The van der Waals surface area contributed by atoms with Crippen molar-refractivity contribution in [2.24, 2.45) is 0 Å². The van der Waals surface area contributed by atoms with Crippen LogP contribution < -0.4 is 9.47 Å². The molecule has 0 saturated heterocycles. The van der Waals surface area contributed by atoms with Gasteiger partial charge in [0.1, 0.15) is 5.69 Å². The van der Waals surface area contributed by atoms with Crippen LogP contribution in [0.3, 0.4) is 0 Å². The van der Waals surface area contributed by atoms with E-state index in [1.807, 2.05) is 56.3 Å². The molecule has 0 aliphatic carbocycles. The number of carbonyl (C=O) groups is 2. The molecule has 0 spiro atoms. The van der Waals surface area contributed by atoms with Crippen LogP contribution in [0.25, 0.3) is 10.9 Å². The highest BCUT2D eigenvalue weighted by Crippen LogP contribution is 2.28. The van der Waals surface area contributed by atoms with Crippen molar-refractivity contribution < 1.29 is 23.8 Å². The second-order valence-corrected chi connectivity index (χ2v) is 6.67. The number of aromatic nitrogens is 1. The normalized spacial score (nSPS) is 10.6. The molecule has 0 unspecified atom stereocenters. The molecule has 0 saturated carbocycles. The molecule has 0 bridgehead atoms. The Hall–Kier alpha value is -3.48. The Labute approximate surface area is 175 Å². The monoisotopic (exact) mass is 410 g/mol. The number of methoxy groups -OCH3 is 1. The van der Waals surface area contributed by atoms with Crippen LogP contribution in [0.5, 0.6) is 11.5 Å². The summed E-state index contributed by atoms with van der Waals surface area (Å²) in [6, 6.07) is 14.8. The molecule has 0 aliphatic heterocycles. The summed E-state index contributed by atoms with van der Waals surface area (Å²) < 4.78 is 16.1. The van der Waals surface area contributed by atoms with Crippen molar-refractivity contribution in [2.75, 3.05) is 26.9 Å². The van der Waals surface area contributed by atoms with E-state index in [1.54, 1.807) is 18.1 Å². The number of nitrogens with one attached hydrogen (secondary N) is 1. The fourth-order valence-electron chi connectivity index (χ4n) is 3.16. The van der Waals surface area contributed by atoms with Crippen LogP contribution >= 0.6 is 0 Å². The molecule has 2 aromatic carbocycles. The number of likely N-dealkylation sites (N-methyl/N-ethyl adjacent to an activating group) is 1. The van der Waals surface area contributed by atoms with E-state index in [2.05, 4.69) is 4.98 Å². The number of para-hydroxylation sites is 1. The SMILES string of the molecule is CCOc1ccc(CN(CC)C(=O)COC(=O)c2cc3ccccc3[nH]2)cc1OC. The zero-order valence-electron chi connectivity index (χ0n) is 17.4. The number of hydrogen-bond donors (Lipinski definition) is 1. The Balaban J connectivity index is 1.61. The summed E-state index contributed by atoms with van der Waals surface area (Å²) in [5.74, 6) is 0.446. The predicted octanol–water partition coefficient (Wildman–Crippen LogP) is 3.78. The van der Waals surface area contributed by atoms with Crippen LogP contribution in [-0.4, -0.2) is 48.6 Å². The van der Waals surface area contributed by atoms with E-state index in [4.69, 9.17) is 14.2 Å². The zero-order chi connectivity index (χ0) is 21.5. The van der Waals surface area contributed by atoms with E-state index in [1.165, 1.54) is 0 Å². The van der Waals surface area contributed by atoms with Crippen molar-refractivity contribution in [1.29, 1.82) is 0 Å². The minimum absolute atomic E-state index is 0.269. The minimum Gasteiger partial charge on any atom is -0.493 e. The average molecular weight is 410 g/mol. The predicted molar refractivity (Wildman–Crippen MR) is 114 cm³/mol. The van der Waals surface area contributed by atoms with Gasteiger partial charge >= 0.3 is 5.97 Å². The molecule has 1 N–H and O–H groups in total. The van der Waals surface area contributed by atoms with Crippen molar-refractivity contribution >= 4 is 22.8 Å². The van der Waals surface area contributed by atoms with Gasteiger partial charge in [0.15, 0.2) is 18.1 Å². The maximum atomic E-state index is 12.6. The topological polar surface area (TPSA) is 80.9 Å². The Morgan fingerprint density at radius 3 is 2.53 bits per heavy atom. The van der Waals surface area contributed by atoms with Gasteiger partial charge in [-0.2, -0.15) is 0 Å². The van der Waals surface area contributed by atoms with Crippen LogP contribution in [0.15, 0.2) is 48.5 Å². The van der Waals surface area contributed by atoms with Crippen LogP contribution in [0.4, 0.5) is 0 Å². The van der Waals surface area contributed by atoms with Gasteiger partial charge in [-0.1, -0.05) is 24.3 Å². The number of esters is 1. The smallest absolute Gasteiger partial charge is 0.355 e. The molecule has 158 valence electrons. The third-order valence-electron chi connectivity index (χ3n) is 4.71. The van der Waals surface area contributed by atoms with Crippen LogP contribution in [0.1, 0.15) is 29.9 Å². The number of fused-ring (bicyclic) bond motifs is 1.